The Bertz CT molecular complexity index is 1030. The number of piperidine rings is 1. The Morgan fingerprint density at radius 2 is 1.83 bits per heavy atom. The largest absolute Gasteiger partial charge is 0.485 e. The van der Waals surface area contributed by atoms with Crippen LogP contribution in [0.2, 0.25) is 10.0 Å². The lowest BCUT2D eigenvalue weighted by Gasteiger charge is -2.44. The summed E-state index contributed by atoms with van der Waals surface area (Å²) in [6.45, 7) is 1.11. The number of hydrogen-bond acceptors (Lipinski definition) is 5. The molecule has 0 bridgehead atoms. The number of ketones is 1. The second-order valence-electron chi connectivity index (χ2n) is 7.84. The fourth-order valence-electron chi connectivity index (χ4n) is 4.27. The van der Waals surface area contributed by atoms with Crippen LogP contribution in [0.5, 0.6) is 17.2 Å². The summed E-state index contributed by atoms with van der Waals surface area (Å²) in [6.07, 6.45) is 0.634. The van der Waals surface area contributed by atoms with Gasteiger partial charge in [-0.05, 0) is 24.3 Å². The van der Waals surface area contributed by atoms with Crippen LogP contribution in [0, 0.1) is 0 Å². The molecule has 0 radical (unpaired) electrons. The van der Waals surface area contributed by atoms with E-state index in [1.807, 2.05) is 18.2 Å². The molecule has 2 aromatic rings. The quantitative estimate of drug-likeness (QED) is 0.656. The minimum absolute atomic E-state index is 0.0407. The van der Waals surface area contributed by atoms with Gasteiger partial charge in [0, 0.05) is 31.0 Å². The first-order valence-electron chi connectivity index (χ1n) is 9.83. The van der Waals surface area contributed by atoms with Gasteiger partial charge in [-0.3, -0.25) is 9.59 Å². The molecule has 1 saturated heterocycles. The van der Waals surface area contributed by atoms with Crippen molar-refractivity contribution >= 4 is 34.9 Å². The van der Waals surface area contributed by atoms with Crippen molar-refractivity contribution in [1.82, 2.24) is 4.90 Å². The number of benzene rings is 2. The Kier molecular flexibility index (Phi) is 4.79. The number of para-hydroxylation sites is 2. The van der Waals surface area contributed by atoms with E-state index < -0.39 is 11.7 Å². The molecule has 2 aromatic carbocycles. The lowest BCUT2D eigenvalue weighted by molar-refractivity contribution is -0.144. The van der Waals surface area contributed by atoms with Crippen molar-refractivity contribution in [3.05, 3.63) is 52.0 Å². The SMILES string of the molecule is O=C1CC2(CCN(C(=O)C3COc4ccccc4O3)CC2)Oc2c(Cl)cc(Cl)cc21. The molecular formula is C22H19Cl2NO5. The highest BCUT2D eigenvalue weighted by molar-refractivity contribution is 6.36. The Labute approximate surface area is 183 Å². The third-order valence-electron chi connectivity index (χ3n) is 5.88. The average Bonchev–Trinajstić information content (AvgIpc) is 2.74. The monoisotopic (exact) mass is 447 g/mol. The molecule has 0 N–H and O–H groups in total. The van der Waals surface area contributed by atoms with Gasteiger partial charge in [-0.1, -0.05) is 35.3 Å². The number of amides is 1. The van der Waals surface area contributed by atoms with Gasteiger partial charge in [0.05, 0.1) is 17.0 Å². The molecule has 1 fully saturated rings. The van der Waals surface area contributed by atoms with E-state index in [1.165, 1.54) is 0 Å². The molecule has 3 aliphatic rings. The van der Waals surface area contributed by atoms with Crippen LogP contribution in [0.4, 0.5) is 0 Å². The Hall–Kier alpha value is -2.44. The summed E-state index contributed by atoms with van der Waals surface area (Å²) in [5.41, 5.74) is -0.238. The highest BCUT2D eigenvalue weighted by Crippen LogP contribution is 2.44. The third kappa shape index (κ3) is 3.38. The van der Waals surface area contributed by atoms with Crippen LogP contribution in [0.15, 0.2) is 36.4 Å². The molecule has 1 unspecified atom stereocenters. The zero-order valence-corrected chi connectivity index (χ0v) is 17.5. The number of hydrogen-bond donors (Lipinski definition) is 0. The van der Waals surface area contributed by atoms with Gasteiger partial charge in [0.25, 0.3) is 5.91 Å². The van der Waals surface area contributed by atoms with Crippen molar-refractivity contribution in [1.29, 1.82) is 0 Å². The van der Waals surface area contributed by atoms with Gasteiger partial charge in [-0.25, -0.2) is 0 Å². The average molecular weight is 448 g/mol. The van der Waals surface area contributed by atoms with Crippen molar-refractivity contribution in [2.75, 3.05) is 19.7 Å². The van der Waals surface area contributed by atoms with Gasteiger partial charge in [0.2, 0.25) is 6.10 Å². The molecular weight excluding hydrogens is 429 g/mol. The van der Waals surface area contributed by atoms with Crippen LogP contribution in [-0.2, 0) is 4.79 Å². The molecule has 3 heterocycles. The molecule has 156 valence electrons. The van der Waals surface area contributed by atoms with Crippen LogP contribution in [0.25, 0.3) is 0 Å². The number of ether oxygens (including phenoxy) is 3. The third-order valence-corrected chi connectivity index (χ3v) is 6.38. The standard InChI is InChI=1S/C22H19Cl2NO5/c23-13-9-14-16(26)11-22(30-20(14)15(24)10-13)5-7-25(8-6-22)21(27)19-12-28-17-3-1-2-4-18(17)29-19/h1-4,9-10,19H,5-8,11-12H2. The number of carbonyl (C=O) groups excluding carboxylic acids is 2. The Balaban J connectivity index is 1.28. The molecule has 1 spiro atoms. The van der Waals surface area contributed by atoms with Crippen molar-refractivity contribution in [2.24, 2.45) is 0 Å². The molecule has 30 heavy (non-hydrogen) atoms. The van der Waals surface area contributed by atoms with Gasteiger partial charge in [0.1, 0.15) is 18.0 Å². The Morgan fingerprint density at radius 1 is 1.10 bits per heavy atom. The number of carbonyl (C=O) groups is 2. The number of rotatable bonds is 1. The minimum Gasteiger partial charge on any atom is -0.485 e. The summed E-state index contributed by atoms with van der Waals surface area (Å²) in [5, 5.41) is 0.734. The molecule has 5 rings (SSSR count). The molecule has 6 nitrogen and oxygen atoms in total. The van der Waals surface area contributed by atoms with Crippen LogP contribution in [-0.4, -0.2) is 48.0 Å². The van der Waals surface area contributed by atoms with E-state index in [0.29, 0.717) is 58.8 Å². The van der Waals surface area contributed by atoms with E-state index in [9.17, 15) is 9.59 Å². The smallest absolute Gasteiger partial charge is 0.267 e. The second kappa shape index (κ2) is 7.36. The normalized spacial score (nSPS) is 21.7. The molecule has 1 amide bonds. The summed E-state index contributed by atoms with van der Waals surface area (Å²) in [4.78, 5) is 27.4. The summed E-state index contributed by atoms with van der Waals surface area (Å²) < 4.78 is 17.7. The topological polar surface area (TPSA) is 65.1 Å². The van der Waals surface area contributed by atoms with Gasteiger partial charge in [0.15, 0.2) is 17.3 Å². The molecule has 1 atom stereocenters. The number of likely N-dealkylation sites (tertiary alicyclic amines) is 1. The van der Waals surface area contributed by atoms with E-state index in [0.717, 1.165) is 0 Å². The summed E-state index contributed by atoms with van der Waals surface area (Å²) >= 11 is 12.3. The van der Waals surface area contributed by atoms with E-state index >= 15 is 0 Å². The van der Waals surface area contributed by atoms with Gasteiger partial charge < -0.3 is 19.1 Å². The van der Waals surface area contributed by atoms with E-state index in [4.69, 9.17) is 37.4 Å². The van der Waals surface area contributed by atoms with Crippen molar-refractivity contribution < 1.29 is 23.8 Å². The maximum atomic E-state index is 13.0. The van der Waals surface area contributed by atoms with Gasteiger partial charge in [-0.2, -0.15) is 0 Å². The molecule has 0 aromatic heterocycles. The van der Waals surface area contributed by atoms with Crippen molar-refractivity contribution in [2.45, 2.75) is 31.0 Å². The van der Waals surface area contributed by atoms with E-state index in [1.54, 1.807) is 23.1 Å². The summed E-state index contributed by atoms with van der Waals surface area (Å²) in [6, 6.07) is 10.5. The highest BCUT2D eigenvalue weighted by atomic mass is 35.5. The lowest BCUT2D eigenvalue weighted by atomic mass is 9.82. The maximum absolute atomic E-state index is 13.0. The minimum atomic E-state index is -0.680. The number of nitrogens with zero attached hydrogens (tertiary/aromatic N) is 1. The second-order valence-corrected chi connectivity index (χ2v) is 8.68. The Morgan fingerprint density at radius 3 is 2.60 bits per heavy atom. The maximum Gasteiger partial charge on any atom is 0.267 e. The summed E-state index contributed by atoms with van der Waals surface area (Å²) in [5.74, 6) is 1.44. The highest BCUT2D eigenvalue weighted by Gasteiger charge is 2.45. The van der Waals surface area contributed by atoms with Gasteiger partial charge in [-0.15, -0.1) is 0 Å². The predicted octanol–water partition coefficient (Wildman–Crippen LogP) is 4.16. The fourth-order valence-corrected chi connectivity index (χ4v) is 4.80. The van der Waals surface area contributed by atoms with Crippen molar-refractivity contribution in [3.8, 4) is 17.2 Å². The first-order chi connectivity index (χ1) is 14.4. The first-order valence-corrected chi connectivity index (χ1v) is 10.6. The number of Topliss-reactive ketones (excluding diaryl/α,β-unsaturated/α-hetero) is 1. The van der Waals surface area contributed by atoms with E-state index in [2.05, 4.69) is 0 Å². The fraction of sp³-hybridized carbons (Fsp3) is 0.364. The molecule has 8 heteroatoms. The molecule has 0 aliphatic carbocycles. The predicted molar refractivity (Wildman–Crippen MR) is 111 cm³/mol. The number of halogens is 2. The lowest BCUT2D eigenvalue weighted by Crippen LogP contribution is -2.55. The van der Waals surface area contributed by atoms with E-state index in [-0.39, 0.29) is 24.7 Å². The zero-order chi connectivity index (χ0) is 20.9. The first kappa shape index (κ1) is 19.5. The van der Waals surface area contributed by atoms with Crippen LogP contribution in [0.3, 0.4) is 0 Å². The van der Waals surface area contributed by atoms with Crippen molar-refractivity contribution in [3.63, 3.8) is 0 Å². The zero-order valence-electron chi connectivity index (χ0n) is 16.0. The summed E-state index contributed by atoms with van der Waals surface area (Å²) in [7, 11) is 0. The molecule has 3 aliphatic heterocycles. The number of fused-ring (bicyclic) bond motifs is 2. The van der Waals surface area contributed by atoms with Crippen LogP contribution >= 0.6 is 23.2 Å². The molecule has 0 saturated carbocycles. The van der Waals surface area contributed by atoms with Gasteiger partial charge >= 0.3 is 0 Å². The van der Waals surface area contributed by atoms with Crippen LogP contribution in [0.1, 0.15) is 29.6 Å². The van der Waals surface area contributed by atoms with Crippen LogP contribution < -0.4 is 14.2 Å².